The molecule has 2 aliphatic heterocycles. The monoisotopic (exact) mass is 317 g/mol. The molecule has 1 aromatic carbocycles. The average molecular weight is 317 g/mol. The molecule has 0 aromatic heterocycles. The quantitative estimate of drug-likeness (QED) is 0.870. The van der Waals surface area contributed by atoms with E-state index in [1.165, 1.54) is 5.56 Å². The van der Waals surface area contributed by atoms with Gasteiger partial charge < -0.3 is 14.8 Å². The highest BCUT2D eigenvalue weighted by atomic mass is 16.6. The fraction of sp³-hybridized carbons (Fsp3) is 0.556. The van der Waals surface area contributed by atoms with Gasteiger partial charge in [-0.15, -0.1) is 0 Å². The Morgan fingerprint density at radius 1 is 1.39 bits per heavy atom. The van der Waals surface area contributed by atoms with E-state index < -0.39 is 11.5 Å². The van der Waals surface area contributed by atoms with Crippen LogP contribution in [0.15, 0.2) is 18.2 Å². The topological polar surface area (TPSA) is 64.6 Å². The van der Waals surface area contributed by atoms with Crippen molar-refractivity contribution in [1.29, 1.82) is 0 Å². The van der Waals surface area contributed by atoms with E-state index in [1.54, 1.807) is 13.8 Å². The van der Waals surface area contributed by atoms with Gasteiger partial charge in [0.25, 0.3) is 0 Å². The van der Waals surface area contributed by atoms with Crippen molar-refractivity contribution in [3.8, 4) is 5.75 Å². The summed E-state index contributed by atoms with van der Waals surface area (Å²) in [6.07, 6.45) is 2.17. The summed E-state index contributed by atoms with van der Waals surface area (Å²) in [6.45, 7) is 6.28. The third-order valence-corrected chi connectivity index (χ3v) is 4.69. The molecule has 0 aliphatic carbocycles. The van der Waals surface area contributed by atoms with Crippen molar-refractivity contribution in [2.75, 3.05) is 6.61 Å². The molecular weight excluding hydrogens is 294 g/mol. The fourth-order valence-corrected chi connectivity index (χ4v) is 3.27. The number of cyclic esters (lactones) is 1. The molecular formula is C18H23NO4. The predicted octanol–water partition coefficient (Wildman–Crippen LogP) is 2.53. The Balaban J connectivity index is 1.70. The van der Waals surface area contributed by atoms with Crippen molar-refractivity contribution in [3.63, 3.8) is 0 Å². The number of rotatable bonds is 3. The predicted molar refractivity (Wildman–Crippen MR) is 85.1 cm³/mol. The number of carbonyl (C=O) groups excluding carboxylic acids is 2. The number of esters is 1. The minimum absolute atomic E-state index is 0.124. The van der Waals surface area contributed by atoms with E-state index in [0.29, 0.717) is 0 Å². The summed E-state index contributed by atoms with van der Waals surface area (Å²) in [6, 6.07) is 5.93. The molecule has 124 valence electrons. The summed E-state index contributed by atoms with van der Waals surface area (Å²) in [5, 5.41) is 3.01. The number of hydrogen-bond acceptors (Lipinski definition) is 4. The molecule has 5 nitrogen and oxygen atoms in total. The van der Waals surface area contributed by atoms with Gasteiger partial charge in [-0.05, 0) is 50.8 Å². The molecule has 1 aromatic rings. The normalized spacial score (nSPS) is 23.4. The second kappa shape index (κ2) is 5.87. The zero-order chi connectivity index (χ0) is 16.6. The summed E-state index contributed by atoms with van der Waals surface area (Å²) < 4.78 is 10.8. The van der Waals surface area contributed by atoms with Crippen molar-refractivity contribution in [2.24, 2.45) is 5.92 Å². The molecule has 1 fully saturated rings. The lowest BCUT2D eigenvalue weighted by molar-refractivity contribution is -0.147. The zero-order valence-corrected chi connectivity index (χ0v) is 13.8. The van der Waals surface area contributed by atoms with Crippen LogP contribution in [0.2, 0.25) is 0 Å². The van der Waals surface area contributed by atoms with Crippen LogP contribution in [0.4, 0.5) is 0 Å². The smallest absolute Gasteiger partial charge is 0.307 e. The van der Waals surface area contributed by atoms with Gasteiger partial charge in [0.15, 0.2) is 0 Å². The lowest BCUT2D eigenvalue weighted by Crippen LogP contribution is -2.41. The number of benzene rings is 1. The molecule has 1 saturated heterocycles. The first-order valence-corrected chi connectivity index (χ1v) is 8.14. The Morgan fingerprint density at radius 2 is 2.17 bits per heavy atom. The molecule has 23 heavy (non-hydrogen) atoms. The van der Waals surface area contributed by atoms with Gasteiger partial charge in [-0.1, -0.05) is 12.1 Å². The van der Waals surface area contributed by atoms with Crippen LogP contribution >= 0.6 is 0 Å². The summed E-state index contributed by atoms with van der Waals surface area (Å²) >= 11 is 0. The van der Waals surface area contributed by atoms with Gasteiger partial charge in [0.2, 0.25) is 5.91 Å². The summed E-state index contributed by atoms with van der Waals surface area (Å²) in [4.78, 5) is 24.0. The zero-order valence-electron chi connectivity index (χ0n) is 13.8. The highest BCUT2D eigenvalue weighted by Crippen LogP contribution is 2.33. The van der Waals surface area contributed by atoms with Gasteiger partial charge in [0.1, 0.15) is 11.4 Å². The Kier molecular flexibility index (Phi) is 4.04. The molecule has 0 radical (unpaired) electrons. The lowest BCUT2D eigenvalue weighted by atomic mass is 9.89. The third kappa shape index (κ3) is 3.19. The number of fused-ring (bicyclic) bond motifs is 1. The number of hydrogen-bond donors (Lipinski definition) is 1. The Labute approximate surface area is 136 Å². The highest BCUT2D eigenvalue weighted by Gasteiger charge is 2.46. The Morgan fingerprint density at radius 3 is 2.87 bits per heavy atom. The van der Waals surface area contributed by atoms with E-state index in [2.05, 4.69) is 11.4 Å². The van der Waals surface area contributed by atoms with Crippen LogP contribution in [-0.2, 0) is 20.7 Å². The van der Waals surface area contributed by atoms with Crippen molar-refractivity contribution < 1.29 is 19.1 Å². The largest absolute Gasteiger partial charge is 0.493 e. The summed E-state index contributed by atoms with van der Waals surface area (Å²) in [7, 11) is 0. The first-order chi connectivity index (χ1) is 10.9. The van der Waals surface area contributed by atoms with Crippen LogP contribution in [-0.4, -0.2) is 24.1 Å². The number of aryl methyl sites for hydroxylation is 1. The second-order valence-electron chi connectivity index (χ2n) is 6.88. The first-order valence-electron chi connectivity index (χ1n) is 8.14. The number of amides is 1. The third-order valence-electron chi connectivity index (χ3n) is 4.69. The van der Waals surface area contributed by atoms with Gasteiger partial charge in [0.05, 0.1) is 25.0 Å². The average Bonchev–Trinajstić information content (AvgIpc) is 2.79. The van der Waals surface area contributed by atoms with Crippen molar-refractivity contribution in [2.45, 2.75) is 51.7 Å². The van der Waals surface area contributed by atoms with E-state index >= 15 is 0 Å². The van der Waals surface area contributed by atoms with Crippen molar-refractivity contribution in [1.82, 2.24) is 5.32 Å². The molecule has 3 rings (SSSR count). The van der Waals surface area contributed by atoms with Gasteiger partial charge in [-0.3, -0.25) is 9.59 Å². The first kappa shape index (κ1) is 15.8. The molecule has 1 amide bonds. The SMILES string of the molecule is C[C@@H](NC(=O)[C@H]1CC(=O)OC1(C)C)c1ccc2c(c1)CCCO2. The van der Waals surface area contributed by atoms with Gasteiger partial charge in [-0.25, -0.2) is 0 Å². The van der Waals surface area contributed by atoms with Crippen LogP contribution in [0.25, 0.3) is 0 Å². The molecule has 0 bridgehead atoms. The van der Waals surface area contributed by atoms with E-state index in [0.717, 1.165) is 30.8 Å². The maximum atomic E-state index is 12.5. The van der Waals surface area contributed by atoms with E-state index in [1.807, 2.05) is 19.1 Å². The maximum absolute atomic E-state index is 12.5. The van der Waals surface area contributed by atoms with Crippen molar-refractivity contribution >= 4 is 11.9 Å². The van der Waals surface area contributed by atoms with Gasteiger partial charge >= 0.3 is 5.97 Å². The van der Waals surface area contributed by atoms with E-state index in [9.17, 15) is 9.59 Å². The lowest BCUT2D eigenvalue weighted by Gasteiger charge is -2.26. The molecule has 0 saturated carbocycles. The van der Waals surface area contributed by atoms with Crippen molar-refractivity contribution in [3.05, 3.63) is 29.3 Å². The molecule has 2 heterocycles. The Hall–Kier alpha value is -2.04. The molecule has 0 unspecified atom stereocenters. The van der Waals surface area contributed by atoms with Crippen LogP contribution < -0.4 is 10.1 Å². The molecule has 2 aliphatic rings. The number of nitrogens with one attached hydrogen (secondary N) is 1. The highest BCUT2D eigenvalue weighted by molar-refractivity contribution is 5.87. The molecule has 0 spiro atoms. The van der Waals surface area contributed by atoms with Crippen LogP contribution in [0.1, 0.15) is 50.8 Å². The van der Waals surface area contributed by atoms with Gasteiger partial charge in [0, 0.05) is 0 Å². The maximum Gasteiger partial charge on any atom is 0.307 e. The molecule has 5 heteroatoms. The Bertz CT molecular complexity index is 638. The van der Waals surface area contributed by atoms with E-state index in [4.69, 9.17) is 9.47 Å². The summed E-state index contributed by atoms with van der Waals surface area (Å²) in [5.41, 5.74) is 1.49. The summed E-state index contributed by atoms with van der Waals surface area (Å²) in [5.74, 6) is 0.0453. The fourth-order valence-electron chi connectivity index (χ4n) is 3.27. The van der Waals surface area contributed by atoms with Crippen LogP contribution in [0, 0.1) is 5.92 Å². The van der Waals surface area contributed by atoms with Gasteiger partial charge in [-0.2, -0.15) is 0 Å². The number of carbonyl (C=O) groups is 2. The number of ether oxygens (including phenoxy) is 2. The second-order valence-corrected chi connectivity index (χ2v) is 6.88. The molecule has 1 N–H and O–H groups in total. The van der Waals surface area contributed by atoms with Crippen LogP contribution in [0.5, 0.6) is 5.75 Å². The van der Waals surface area contributed by atoms with E-state index in [-0.39, 0.29) is 24.3 Å². The standard InChI is InChI=1S/C18H23NO4/c1-11(12-6-7-15-13(9-12)5-4-8-22-15)19-17(21)14-10-16(20)23-18(14,2)3/h6-7,9,11,14H,4-5,8,10H2,1-3H3,(H,19,21)/t11-,14-/m1/s1. The van der Waals surface area contributed by atoms with Crippen LogP contribution in [0.3, 0.4) is 0 Å². The minimum atomic E-state index is -0.745. The molecule has 2 atom stereocenters. The minimum Gasteiger partial charge on any atom is -0.493 e.